The lowest BCUT2D eigenvalue weighted by Gasteiger charge is -2.23. The Morgan fingerprint density at radius 1 is 1.25 bits per heavy atom. The number of amides is 1. The van der Waals surface area contributed by atoms with E-state index in [1.165, 1.54) is 4.68 Å². The van der Waals surface area contributed by atoms with Crippen LogP contribution in [0.2, 0.25) is 0 Å². The van der Waals surface area contributed by atoms with Crippen molar-refractivity contribution in [1.29, 1.82) is 0 Å². The van der Waals surface area contributed by atoms with Crippen LogP contribution in [0.3, 0.4) is 0 Å². The third kappa shape index (κ3) is 1.65. The van der Waals surface area contributed by atoms with Crippen molar-refractivity contribution in [2.45, 2.75) is 27.7 Å². The Labute approximate surface area is 118 Å². The molecule has 2 atom stereocenters. The van der Waals surface area contributed by atoms with Crippen LogP contribution in [0.25, 0.3) is 0 Å². The SMILES string of the molecule is Cc1nn(C)c(=O)c(C(=O)N2C[C@@H]3[C@H](C2)C3(C)C)c1C. The first-order valence-corrected chi connectivity index (χ1v) is 7.09. The molecule has 108 valence electrons. The average molecular weight is 275 g/mol. The van der Waals surface area contributed by atoms with Crippen molar-refractivity contribution in [3.05, 3.63) is 27.2 Å². The number of fused-ring (bicyclic) bond motifs is 1. The van der Waals surface area contributed by atoms with Gasteiger partial charge in [0.15, 0.2) is 0 Å². The third-order valence-corrected chi connectivity index (χ3v) is 5.35. The zero-order valence-electron chi connectivity index (χ0n) is 12.7. The second-order valence-electron chi connectivity index (χ2n) is 6.76. The molecule has 1 aliphatic carbocycles. The van der Waals surface area contributed by atoms with E-state index in [4.69, 9.17) is 0 Å². The lowest BCUT2D eigenvalue weighted by molar-refractivity contribution is 0.0754. The van der Waals surface area contributed by atoms with Crippen molar-refractivity contribution in [3.63, 3.8) is 0 Å². The molecule has 1 aromatic rings. The summed E-state index contributed by atoms with van der Waals surface area (Å²) < 4.78 is 1.26. The van der Waals surface area contributed by atoms with Crippen molar-refractivity contribution in [3.8, 4) is 0 Å². The van der Waals surface area contributed by atoms with Crippen molar-refractivity contribution in [2.75, 3.05) is 13.1 Å². The predicted molar refractivity (Wildman–Crippen MR) is 75.6 cm³/mol. The van der Waals surface area contributed by atoms with Crippen molar-refractivity contribution in [1.82, 2.24) is 14.7 Å². The van der Waals surface area contributed by atoms with Gasteiger partial charge in [-0.25, -0.2) is 4.68 Å². The van der Waals surface area contributed by atoms with Crippen LogP contribution in [0.5, 0.6) is 0 Å². The van der Waals surface area contributed by atoms with Gasteiger partial charge in [0.25, 0.3) is 11.5 Å². The molecular formula is C15H21N3O2. The van der Waals surface area contributed by atoms with Gasteiger partial charge >= 0.3 is 0 Å². The first kappa shape index (κ1) is 13.3. The Bertz CT molecular complexity index is 646. The Hall–Kier alpha value is -1.65. The van der Waals surface area contributed by atoms with E-state index in [9.17, 15) is 9.59 Å². The maximum absolute atomic E-state index is 12.7. The van der Waals surface area contributed by atoms with Crippen LogP contribution in [-0.2, 0) is 7.05 Å². The van der Waals surface area contributed by atoms with E-state index in [1.54, 1.807) is 14.0 Å². The molecular weight excluding hydrogens is 254 g/mol. The van der Waals surface area contributed by atoms with Gasteiger partial charge in [0.05, 0.1) is 5.69 Å². The molecule has 0 spiro atoms. The molecule has 1 aromatic heterocycles. The molecule has 3 rings (SSSR count). The number of carbonyl (C=O) groups is 1. The highest BCUT2D eigenvalue weighted by Crippen LogP contribution is 2.62. The van der Waals surface area contributed by atoms with E-state index in [0.717, 1.165) is 18.8 Å². The molecule has 1 saturated heterocycles. The van der Waals surface area contributed by atoms with Crippen LogP contribution in [-0.4, -0.2) is 33.7 Å². The predicted octanol–water partition coefficient (Wildman–Crippen LogP) is 1.13. The number of likely N-dealkylation sites (tertiary alicyclic amines) is 1. The minimum absolute atomic E-state index is 0.128. The standard InChI is InChI=1S/C15H21N3O2/c1-8-9(2)16-17(5)13(19)12(8)14(20)18-6-10-11(7-18)15(10,3)4/h10-11H,6-7H2,1-5H3/t10-,11+. The fraction of sp³-hybridized carbons (Fsp3) is 0.667. The van der Waals surface area contributed by atoms with Gasteiger partial charge in [-0.15, -0.1) is 0 Å². The van der Waals surface area contributed by atoms with Crippen molar-refractivity contribution in [2.24, 2.45) is 24.3 Å². The lowest BCUT2D eigenvalue weighted by Crippen LogP contribution is -2.39. The molecule has 5 heteroatoms. The molecule has 0 radical (unpaired) electrons. The number of carbonyl (C=O) groups excluding carboxylic acids is 1. The van der Waals surface area contributed by atoms with Gasteiger partial charge in [-0.1, -0.05) is 13.8 Å². The Kier molecular flexibility index (Phi) is 2.62. The third-order valence-electron chi connectivity index (χ3n) is 5.35. The van der Waals surface area contributed by atoms with E-state index in [2.05, 4.69) is 18.9 Å². The summed E-state index contributed by atoms with van der Waals surface area (Å²) in [5.41, 5.74) is 1.81. The fourth-order valence-electron chi connectivity index (χ4n) is 3.56. The number of hydrogen-bond donors (Lipinski definition) is 0. The van der Waals surface area contributed by atoms with E-state index >= 15 is 0 Å². The first-order valence-electron chi connectivity index (χ1n) is 7.09. The number of nitrogens with zero attached hydrogens (tertiary/aromatic N) is 3. The normalized spacial score (nSPS) is 26.6. The van der Waals surface area contributed by atoms with Gasteiger partial charge < -0.3 is 4.90 Å². The highest BCUT2D eigenvalue weighted by molar-refractivity contribution is 5.95. The minimum atomic E-state index is -0.294. The molecule has 0 N–H and O–H groups in total. The Morgan fingerprint density at radius 3 is 2.35 bits per heavy atom. The summed E-state index contributed by atoms with van der Waals surface area (Å²) >= 11 is 0. The molecule has 2 heterocycles. The van der Waals surface area contributed by atoms with Gasteiger partial charge in [0.1, 0.15) is 5.56 Å². The number of aromatic nitrogens is 2. The number of piperidine rings is 1. The molecule has 0 bridgehead atoms. The number of aryl methyl sites for hydroxylation is 2. The van der Waals surface area contributed by atoms with Crippen LogP contribution in [0.15, 0.2) is 4.79 Å². The smallest absolute Gasteiger partial charge is 0.279 e. The van der Waals surface area contributed by atoms with Gasteiger partial charge in [-0.3, -0.25) is 9.59 Å². The lowest BCUT2D eigenvalue weighted by atomic mass is 10.0. The van der Waals surface area contributed by atoms with Crippen LogP contribution in [0, 0.1) is 31.1 Å². The number of rotatable bonds is 1. The maximum Gasteiger partial charge on any atom is 0.279 e. The monoisotopic (exact) mass is 275 g/mol. The highest BCUT2D eigenvalue weighted by Gasteiger charge is 2.62. The van der Waals surface area contributed by atoms with E-state index < -0.39 is 0 Å². The van der Waals surface area contributed by atoms with Gasteiger partial charge in [-0.2, -0.15) is 5.10 Å². The zero-order valence-corrected chi connectivity index (χ0v) is 12.7. The molecule has 0 unspecified atom stereocenters. The van der Waals surface area contributed by atoms with Crippen molar-refractivity contribution < 1.29 is 4.79 Å². The Morgan fingerprint density at radius 2 is 1.80 bits per heavy atom. The number of hydrogen-bond acceptors (Lipinski definition) is 3. The van der Waals surface area contributed by atoms with Crippen molar-refractivity contribution >= 4 is 5.91 Å². The molecule has 2 fully saturated rings. The van der Waals surface area contributed by atoms with Crippen LogP contribution in [0.1, 0.15) is 35.5 Å². The molecule has 1 amide bonds. The molecule has 5 nitrogen and oxygen atoms in total. The average Bonchev–Trinajstić information content (AvgIpc) is 2.79. The minimum Gasteiger partial charge on any atom is -0.338 e. The zero-order chi connectivity index (χ0) is 14.8. The summed E-state index contributed by atoms with van der Waals surface area (Å²) in [5, 5.41) is 4.12. The van der Waals surface area contributed by atoms with E-state index in [1.807, 2.05) is 11.8 Å². The second-order valence-corrected chi connectivity index (χ2v) is 6.76. The molecule has 1 saturated carbocycles. The van der Waals surface area contributed by atoms with Crippen LogP contribution in [0.4, 0.5) is 0 Å². The summed E-state index contributed by atoms with van der Waals surface area (Å²) in [7, 11) is 1.59. The van der Waals surface area contributed by atoms with Crippen LogP contribution < -0.4 is 5.56 Å². The molecule has 2 aliphatic rings. The molecule has 20 heavy (non-hydrogen) atoms. The molecule has 1 aliphatic heterocycles. The van der Waals surface area contributed by atoms with Gasteiger partial charge in [-0.05, 0) is 36.7 Å². The second kappa shape index (κ2) is 3.93. The summed E-state index contributed by atoms with van der Waals surface area (Å²) in [4.78, 5) is 26.7. The quantitative estimate of drug-likeness (QED) is 0.772. The first-order chi connectivity index (χ1) is 9.25. The Balaban J connectivity index is 1.92. The topological polar surface area (TPSA) is 55.2 Å². The van der Waals surface area contributed by atoms with Gasteiger partial charge in [0, 0.05) is 20.1 Å². The maximum atomic E-state index is 12.7. The summed E-state index contributed by atoms with van der Waals surface area (Å²) in [5.74, 6) is 1.06. The molecule has 0 aromatic carbocycles. The summed E-state index contributed by atoms with van der Waals surface area (Å²) in [6.45, 7) is 9.70. The largest absolute Gasteiger partial charge is 0.338 e. The van der Waals surface area contributed by atoms with Gasteiger partial charge in [0.2, 0.25) is 0 Å². The van der Waals surface area contributed by atoms with E-state index in [0.29, 0.717) is 28.4 Å². The van der Waals surface area contributed by atoms with E-state index in [-0.39, 0.29) is 11.5 Å². The fourth-order valence-corrected chi connectivity index (χ4v) is 3.56. The van der Waals surface area contributed by atoms with Crippen LogP contribution >= 0.6 is 0 Å². The summed E-state index contributed by atoms with van der Waals surface area (Å²) in [6, 6.07) is 0. The summed E-state index contributed by atoms with van der Waals surface area (Å²) in [6.07, 6.45) is 0. The highest BCUT2D eigenvalue weighted by atomic mass is 16.2.